The molecule has 0 aromatic heterocycles. The van der Waals surface area contributed by atoms with Crippen LogP contribution in [0.2, 0.25) is 0 Å². The molecule has 0 heterocycles. The van der Waals surface area contributed by atoms with E-state index in [1.54, 1.807) is 6.08 Å². The van der Waals surface area contributed by atoms with E-state index >= 15 is 0 Å². The largest absolute Gasteiger partial charge is 0.490 e. The highest BCUT2D eigenvalue weighted by Gasteiger charge is 2.16. The Balaban J connectivity index is 3.11. The smallest absolute Gasteiger partial charge is 0.224 e. The van der Waals surface area contributed by atoms with Crippen LogP contribution in [0.5, 0.6) is 5.75 Å². The summed E-state index contributed by atoms with van der Waals surface area (Å²) in [4.78, 5) is 11.4. The highest BCUT2D eigenvalue weighted by atomic mass is 16.5. The van der Waals surface area contributed by atoms with Crippen molar-refractivity contribution in [3.8, 4) is 5.75 Å². The maximum atomic E-state index is 11.4. The molecule has 0 radical (unpaired) electrons. The van der Waals surface area contributed by atoms with Crippen molar-refractivity contribution in [2.45, 2.75) is 39.2 Å². The molecule has 0 fully saturated rings. The first kappa shape index (κ1) is 14.3. The predicted octanol–water partition coefficient (Wildman–Crippen LogP) is 3.10. The number of ether oxygens (including phenoxy) is 1. The molecule has 1 atom stereocenters. The highest BCUT2D eigenvalue weighted by Crippen LogP contribution is 2.27. The fraction of sp³-hybridized carbons (Fsp3) is 0.400. The monoisotopic (exact) mass is 247 g/mol. The van der Waals surface area contributed by atoms with Crippen LogP contribution < -0.4 is 10.5 Å². The van der Waals surface area contributed by atoms with Crippen LogP contribution in [-0.4, -0.2) is 12.0 Å². The normalized spacial score (nSPS) is 12.2. The van der Waals surface area contributed by atoms with Gasteiger partial charge in [0.25, 0.3) is 0 Å². The van der Waals surface area contributed by atoms with Gasteiger partial charge in [0.05, 0.1) is 12.0 Å². The van der Waals surface area contributed by atoms with E-state index in [9.17, 15) is 4.79 Å². The second-order valence-corrected chi connectivity index (χ2v) is 4.53. The second kappa shape index (κ2) is 6.24. The Kier molecular flexibility index (Phi) is 4.95. The molecule has 2 N–H and O–H groups in total. The number of rotatable bonds is 6. The summed E-state index contributed by atoms with van der Waals surface area (Å²) in [5, 5.41) is 0. The fourth-order valence-corrected chi connectivity index (χ4v) is 1.91. The molecule has 1 aromatic rings. The summed E-state index contributed by atoms with van der Waals surface area (Å²) < 4.78 is 5.68. The van der Waals surface area contributed by atoms with E-state index < -0.39 is 0 Å². The quantitative estimate of drug-likeness (QED) is 0.839. The van der Waals surface area contributed by atoms with Gasteiger partial charge in [0.2, 0.25) is 5.91 Å². The SMILES string of the molecule is C=Cc1cc(C(CC)C(N)=O)ccc1OC(C)C. The zero-order chi connectivity index (χ0) is 13.7. The van der Waals surface area contributed by atoms with E-state index in [1.807, 2.05) is 39.0 Å². The third-order valence-corrected chi connectivity index (χ3v) is 2.77. The predicted molar refractivity (Wildman–Crippen MR) is 74.5 cm³/mol. The number of benzene rings is 1. The molecule has 3 nitrogen and oxygen atoms in total. The summed E-state index contributed by atoms with van der Waals surface area (Å²) in [5.74, 6) is 0.227. The zero-order valence-corrected chi connectivity index (χ0v) is 11.3. The summed E-state index contributed by atoms with van der Waals surface area (Å²) >= 11 is 0. The van der Waals surface area contributed by atoms with Crippen LogP contribution in [0.1, 0.15) is 44.2 Å². The zero-order valence-electron chi connectivity index (χ0n) is 11.3. The lowest BCUT2D eigenvalue weighted by Crippen LogP contribution is -2.20. The molecule has 0 saturated heterocycles. The Labute approximate surface area is 109 Å². The third-order valence-electron chi connectivity index (χ3n) is 2.77. The van der Waals surface area contributed by atoms with Gasteiger partial charge in [-0.1, -0.05) is 25.6 Å². The van der Waals surface area contributed by atoms with Gasteiger partial charge in [-0.15, -0.1) is 0 Å². The molecule has 1 unspecified atom stereocenters. The molecule has 98 valence electrons. The molecule has 18 heavy (non-hydrogen) atoms. The lowest BCUT2D eigenvalue weighted by atomic mass is 9.94. The average Bonchev–Trinajstić information content (AvgIpc) is 2.30. The minimum atomic E-state index is -0.301. The lowest BCUT2D eigenvalue weighted by molar-refractivity contribution is -0.119. The Morgan fingerprint density at radius 2 is 2.17 bits per heavy atom. The summed E-state index contributed by atoms with van der Waals surface area (Å²) in [6.07, 6.45) is 2.53. The van der Waals surface area contributed by atoms with Gasteiger partial charge in [0.1, 0.15) is 5.75 Å². The van der Waals surface area contributed by atoms with Gasteiger partial charge in [-0.3, -0.25) is 4.79 Å². The molecular formula is C15H21NO2. The Hall–Kier alpha value is -1.77. The van der Waals surface area contributed by atoms with E-state index in [2.05, 4.69) is 6.58 Å². The van der Waals surface area contributed by atoms with Gasteiger partial charge in [-0.05, 0) is 38.0 Å². The van der Waals surface area contributed by atoms with E-state index in [0.29, 0.717) is 6.42 Å². The number of primary amides is 1. The van der Waals surface area contributed by atoms with Crippen LogP contribution in [0, 0.1) is 0 Å². The van der Waals surface area contributed by atoms with Crippen molar-refractivity contribution in [1.82, 2.24) is 0 Å². The van der Waals surface area contributed by atoms with Gasteiger partial charge in [0.15, 0.2) is 0 Å². The molecule has 0 bridgehead atoms. The lowest BCUT2D eigenvalue weighted by Gasteiger charge is -2.16. The molecule has 0 aliphatic heterocycles. The minimum Gasteiger partial charge on any atom is -0.490 e. The number of hydrogen-bond donors (Lipinski definition) is 1. The van der Waals surface area contributed by atoms with Crippen LogP contribution in [-0.2, 0) is 4.79 Å². The maximum Gasteiger partial charge on any atom is 0.224 e. The number of carbonyl (C=O) groups excluding carboxylic acids is 1. The summed E-state index contributed by atoms with van der Waals surface area (Å²) in [5.41, 5.74) is 7.20. The van der Waals surface area contributed by atoms with Crippen LogP contribution in [0.25, 0.3) is 6.08 Å². The number of hydrogen-bond acceptors (Lipinski definition) is 2. The number of amides is 1. The van der Waals surface area contributed by atoms with Crippen molar-refractivity contribution < 1.29 is 9.53 Å². The molecule has 0 spiro atoms. The van der Waals surface area contributed by atoms with Gasteiger partial charge < -0.3 is 10.5 Å². The Morgan fingerprint density at radius 3 is 2.61 bits per heavy atom. The molecule has 0 aliphatic rings. The summed E-state index contributed by atoms with van der Waals surface area (Å²) in [6, 6.07) is 5.69. The fourth-order valence-electron chi connectivity index (χ4n) is 1.91. The molecule has 0 saturated carbocycles. The first-order valence-corrected chi connectivity index (χ1v) is 6.21. The third kappa shape index (κ3) is 3.36. The molecular weight excluding hydrogens is 226 g/mol. The summed E-state index contributed by atoms with van der Waals surface area (Å²) in [6.45, 7) is 9.66. The van der Waals surface area contributed by atoms with Gasteiger partial charge >= 0.3 is 0 Å². The topological polar surface area (TPSA) is 52.3 Å². The van der Waals surface area contributed by atoms with Crippen LogP contribution in [0.15, 0.2) is 24.8 Å². The summed E-state index contributed by atoms with van der Waals surface area (Å²) in [7, 11) is 0. The van der Waals surface area contributed by atoms with Crippen molar-refractivity contribution >= 4 is 12.0 Å². The van der Waals surface area contributed by atoms with E-state index in [0.717, 1.165) is 16.9 Å². The first-order valence-electron chi connectivity index (χ1n) is 6.21. The van der Waals surface area contributed by atoms with Crippen molar-refractivity contribution in [2.75, 3.05) is 0 Å². The van der Waals surface area contributed by atoms with Crippen LogP contribution in [0.4, 0.5) is 0 Å². The molecule has 1 rings (SSSR count). The number of carbonyl (C=O) groups is 1. The van der Waals surface area contributed by atoms with Crippen molar-refractivity contribution in [3.63, 3.8) is 0 Å². The number of nitrogens with two attached hydrogens (primary N) is 1. The highest BCUT2D eigenvalue weighted by molar-refractivity contribution is 5.82. The van der Waals surface area contributed by atoms with Gasteiger partial charge in [-0.25, -0.2) is 0 Å². The van der Waals surface area contributed by atoms with Crippen LogP contribution >= 0.6 is 0 Å². The first-order chi connectivity index (χ1) is 8.49. The van der Waals surface area contributed by atoms with E-state index in [1.165, 1.54) is 0 Å². The second-order valence-electron chi connectivity index (χ2n) is 4.53. The van der Waals surface area contributed by atoms with Gasteiger partial charge in [0, 0.05) is 5.56 Å². The Bertz CT molecular complexity index is 438. The van der Waals surface area contributed by atoms with E-state index in [4.69, 9.17) is 10.5 Å². The van der Waals surface area contributed by atoms with Crippen LogP contribution in [0.3, 0.4) is 0 Å². The van der Waals surface area contributed by atoms with Crippen molar-refractivity contribution in [1.29, 1.82) is 0 Å². The molecule has 1 aromatic carbocycles. The Morgan fingerprint density at radius 1 is 1.50 bits per heavy atom. The molecule has 0 aliphatic carbocycles. The molecule has 3 heteroatoms. The maximum absolute atomic E-state index is 11.4. The minimum absolute atomic E-state index is 0.104. The standard InChI is InChI=1S/C15H21NO2/c1-5-11-9-12(13(6-2)15(16)17)7-8-14(11)18-10(3)4/h5,7-10,13H,1,6H2,2-4H3,(H2,16,17). The van der Waals surface area contributed by atoms with E-state index in [-0.39, 0.29) is 17.9 Å². The average molecular weight is 247 g/mol. The van der Waals surface area contributed by atoms with Crippen molar-refractivity contribution in [3.05, 3.63) is 35.9 Å². The van der Waals surface area contributed by atoms with Gasteiger partial charge in [-0.2, -0.15) is 0 Å². The molecule has 1 amide bonds. The van der Waals surface area contributed by atoms with Crippen molar-refractivity contribution in [2.24, 2.45) is 5.73 Å².